The summed E-state index contributed by atoms with van der Waals surface area (Å²) in [6.45, 7) is 1.90. The maximum Gasteiger partial charge on any atom is 0.335 e. The van der Waals surface area contributed by atoms with Crippen molar-refractivity contribution in [2.75, 3.05) is 4.90 Å². The van der Waals surface area contributed by atoms with E-state index in [1.54, 1.807) is 30.3 Å². The fourth-order valence-electron chi connectivity index (χ4n) is 4.26. The van der Waals surface area contributed by atoms with E-state index in [0.717, 1.165) is 32.4 Å². The minimum atomic E-state index is -0.793. The first-order valence-corrected chi connectivity index (χ1v) is 11.1. The Morgan fingerprint density at radius 3 is 2.43 bits per heavy atom. The molecule has 4 aromatic rings. The Bertz CT molecular complexity index is 1520. The van der Waals surface area contributed by atoms with E-state index in [0.29, 0.717) is 17.7 Å². The van der Waals surface area contributed by atoms with Crippen molar-refractivity contribution in [2.24, 2.45) is 0 Å². The number of carbonyl (C=O) groups excluding carboxylic acids is 3. The number of anilines is 1. The number of amides is 4. The molecule has 4 aromatic carbocycles. The van der Waals surface area contributed by atoms with Gasteiger partial charge in [-0.2, -0.15) is 0 Å². The molecule has 0 aromatic heterocycles. The fourth-order valence-corrected chi connectivity index (χ4v) is 4.26. The molecule has 5 nitrogen and oxygen atoms in total. The monoisotopic (exact) mass is 464 g/mol. The zero-order valence-corrected chi connectivity index (χ0v) is 18.9. The predicted octanol–water partition coefficient (Wildman–Crippen LogP) is 5.54. The molecule has 4 amide bonds. The minimum Gasteiger partial charge on any atom is -0.273 e. The Labute approximate surface area is 201 Å². The van der Waals surface area contributed by atoms with Crippen LogP contribution >= 0.6 is 0 Å². The van der Waals surface area contributed by atoms with Crippen LogP contribution in [0, 0.1) is 12.7 Å². The average molecular weight is 464 g/mol. The van der Waals surface area contributed by atoms with Gasteiger partial charge in [0.15, 0.2) is 0 Å². The molecule has 0 aliphatic carbocycles. The molecule has 1 N–H and O–H groups in total. The highest BCUT2D eigenvalue weighted by Crippen LogP contribution is 2.29. The van der Waals surface area contributed by atoms with Crippen LogP contribution < -0.4 is 10.2 Å². The molecule has 5 rings (SSSR count). The van der Waals surface area contributed by atoms with E-state index in [-0.39, 0.29) is 11.4 Å². The first-order valence-electron chi connectivity index (χ1n) is 11.1. The summed E-state index contributed by atoms with van der Waals surface area (Å²) in [5.41, 5.74) is 3.45. The predicted molar refractivity (Wildman–Crippen MR) is 133 cm³/mol. The first-order chi connectivity index (χ1) is 16.9. The summed E-state index contributed by atoms with van der Waals surface area (Å²) in [4.78, 5) is 39.7. The Morgan fingerprint density at radius 2 is 1.66 bits per heavy atom. The SMILES string of the molecule is Cc1ccc(N2C(=O)NC(=O)/C(=C\c3c(Cc4cccc(F)c4)ccc4ccccc34)C2=O)cc1. The van der Waals surface area contributed by atoms with Crippen LogP contribution in [0.1, 0.15) is 22.3 Å². The van der Waals surface area contributed by atoms with Crippen molar-refractivity contribution in [3.05, 3.63) is 119 Å². The molecule has 6 heteroatoms. The molecule has 1 fully saturated rings. The Balaban J connectivity index is 1.64. The van der Waals surface area contributed by atoms with Crippen LogP contribution in [0.5, 0.6) is 0 Å². The van der Waals surface area contributed by atoms with Crippen LogP contribution in [0.4, 0.5) is 14.9 Å². The molecule has 0 atom stereocenters. The third-order valence-corrected chi connectivity index (χ3v) is 6.03. The second kappa shape index (κ2) is 8.99. The van der Waals surface area contributed by atoms with Crippen molar-refractivity contribution in [3.63, 3.8) is 0 Å². The summed E-state index contributed by atoms with van der Waals surface area (Å²) in [5.74, 6) is -1.79. The smallest absolute Gasteiger partial charge is 0.273 e. The zero-order valence-electron chi connectivity index (χ0n) is 18.9. The standard InChI is InChI=1S/C29H21FN2O3/c1-18-9-13-23(14-10-18)32-28(34)26(27(33)31-29(32)35)17-25-21(15-19-5-4-7-22(30)16-19)12-11-20-6-2-3-8-24(20)25/h2-14,16-17H,15H2,1H3,(H,31,33,35)/b26-17+. The lowest BCUT2D eigenvalue weighted by Gasteiger charge is -2.26. The van der Waals surface area contributed by atoms with Crippen molar-refractivity contribution >= 4 is 40.4 Å². The van der Waals surface area contributed by atoms with Gasteiger partial charge in [-0.15, -0.1) is 0 Å². The molecule has 0 unspecified atom stereocenters. The van der Waals surface area contributed by atoms with Gasteiger partial charge in [0.05, 0.1) is 5.69 Å². The maximum absolute atomic E-state index is 13.8. The normalized spacial score (nSPS) is 15.1. The summed E-state index contributed by atoms with van der Waals surface area (Å²) in [6, 6.07) is 23.9. The van der Waals surface area contributed by atoms with Gasteiger partial charge in [0.1, 0.15) is 11.4 Å². The highest BCUT2D eigenvalue weighted by atomic mass is 19.1. The molecule has 172 valence electrons. The van der Waals surface area contributed by atoms with Crippen LogP contribution in [0.2, 0.25) is 0 Å². The summed E-state index contributed by atoms with van der Waals surface area (Å²) >= 11 is 0. The quantitative estimate of drug-likeness (QED) is 0.318. The molecular formula is C29H21FN2O3. The molecule has 1 aliphatic rings. The van der Waals surface area contributed by atoms with Crippen molar-refractivity contribution in [2.45, 2.75) is 13.3 Å². The lowest BCUT2D eigenvalue weighted by atomic mass is 9.92. The number of benzene rings is 4. The largest absolute Gasteiger partial charge is 0.335 e. The summed E-state index contributed by atoms with van der Waals surface area (Å²) in [7, 11) is 0. The van der Waals surface area contributed by atoms with Gasteiger partial charge < -0.3 is 0 Å². The summed E-state index contributed by atoms with van der Waals surface area (Å²) in [6.07, 6.45) is 1.93. The second-order valence-corrected chi connectivity index (χ2v) is 8.46. The summed E-state index contributed by atoms with van der Waals surface area (Å²) in [5, 5.41) is 4.05. The summed E-state index contributed by atoms with van der Waals surface area (Å²) < 4.78 is 13.8. The third-order valence-electron chi connectivity index (χ3n) is 6.03. The van der Waals surface area contributed by atoms with Gasteiger partial charge in [0, 0.05) is 0 Å². The van der Waals surface area contributed by atoms with Crippen molar-refractivity contribution in [1.29, 1.82) is 0 Å². The maximum atomic E-state index is 13.8. The van der Waals surface area contributed by atoms with E-state index < -0.39 is 17.8 Å². The highest BCUT2D eigenvalue weighted by Gasteiger charge is 2.37. The van der Waals surface area contributed by atoms with Crippen LogP contribution in [0.15, 0.2) is 90.5 Å². The number of imide groups is 2. The lowest BCUT2D eigenvalue weighted by Crippen LogP contribution is -2.54. The molecule has 1 heterocycles. The van der Waals surface area contributed by atoms with Crippen LogP contribution in [0.3, 0.4) is 0 Å². The number of hydrogen-bond donors (Lipinski definition) is 1. The van der Waals surface area contributed by atoms with Gasteiger partial charge in [0.25, 0.3) is 11.8 Å². The van der Waals surface area contributed by atoms with E-state index in [1.165, 1.54) is 18.2 Å². The minimum absolute atomic E-state index is 0.151. The number of halogens is 1. The van der Waals surface area contributed by atoms with Gasteiger partial charge in [-0.05, 0) is 71.1 Å². The van der Waals surface area contributed by atoms with E-state index >= 15 is 0 Å². The number of fused-ring (bicyclic) bond motifs is 1. The fraction of sp³-hybridized carbons (Fsp3) is 0.0690. The number of nitrogens with zero attached hydrogens (tertiary/aromatic N) is 1. The molecular weight excluding hydrogens is 443 g/mol. The van der Waals surface area contributed by atoms with E-state index in [9.17, 15) is 18.8 Å². The van der Waals surface area contributed by atoms with Crippen LogP contribution in [-0.4, -0.2) is 17.8 Å². The van der Waals surface area contributed by atoms with Crippen LogP contribution in [0.25, 0.3) is 16.8 Å². The van der Waals surface area contributed by atoms with Crippen molar-refractivity contribution in [1.82, 2.24) is 5.32 Å². The second-order valence-electron chi connectivity index (χ2n) is 8.46. The molecule has 0 radical (unpaired) electrons. The topological polar surface area (TPSA) is 66.5 Å². The number of hydrogen-bond acceptors (Lipinski definition) is 3. The van der Waals surface area contributed by atoms with E-state index in [1.807, 2.05) is 49.4 Å². The number of carbonyl (C=O) groups is 3. The number of barbiturate groups is 1. The first kappa shape index (κ1) is 22.2. The van der Waals surface area contributed by atoms with Crippen molar-refractivity contribution in [3.8, 4) is 0 Å². The molecule has 1 saturated heterocycles. The molecule has 0 spiro atoms. The van der Waals surface area contributed by atoms with Gasteiger partial charge >= 0.3 is 6.03 Å². The molecule has 0 saturated carbocycles. The van der Waals surface area contributed by atoms with Gasteiger partial charge in [-0.25, -0.2) is 14.1 Å². The van der Waals surface area contributed by atoms with Crippen molar-refractivity contribution < 1.29 is 18.8 Å². The van der Waals surface area contributed by atoms with Gasteiger partial charge in [-0.1, -0.05) is 66.2 Å². The van der Waals surface area contributed by atoms with E-state index in [4.69, 9.17) is 0 Å². The Morgan fingerprint density at radius 1 is 0.886 bits per heavy atom. The molecule has 1 aliphatic heterocycles. The number of nitrogens with one attached hydrogen (secondary N) is 1. The number of urea groups is 1. The molecule has 35 heavy (non-hydrogen) atoms. The Kier molecular flexibility index (Phi) is 5.71. The van der Waals surface area contributed by atoms with Gasteiger partial charge in [0.2, 0.25) is 0 Å². The molecule has 0 bridgehead atoms. The zero-order chi connectivity index (χ0) is 24.5. The average Bonchev–Trinajstić information content (AvgIpc) is 2.84. The van der Waals surface area contributed by atoms with E-state index in [2.05, 4.69) is 5.32 Å². The number of rotatable bonds is 4. The third kappa shape index (κ3) is 4.34. The number of aryl methyl sites for hydroxylation is 1. The van der Waals surface area contributed by atoms with Gasteiger partial charge in [-0.3, -0.25) is 14.9 Å². The van der Waals surface area contributed by atoms with Crippen LogP contribution in [-0.2, 0) is 16.0 Å². The lowest BCUT2D eigenvalue weighted by molar-refractivity contribution is -0.122. The highest BCUT2D eigenvalue weighted by molar-refractivity contribution is 6.39. The Hall–Kier alpha value is -4.58.